The smallest absolute Gasteiger partial charge is 0.369 e. The van der Waals surface area contributed by atoms with E-state index >= 15 is 0 Å². The van der Waals surface area contributed by atoms with Crippen LogP contribution >= 0.6 is 23.0 Å². The fourth-order valence-electron chi connectivity index (χ4n) is 3.03. The van der Waals surface area contributed by atoms with Crippen molar-refractivity contribution in [2.24, 2.45) is 0 Å². The second-order valence-corrected chi connectivity index (χ2v) is 11.6. The molecule has 4 rings (SSSR count). The molecule has 17 nitrogen and oxygen atoms in total. The number of phosphoric acid groups is 1. The van der Waals surface area contributed by atoms with Crippen LogP contribution in [-0.4, -0.2) is 63.5 Å². The summed E-state index contributed by atoms with van der Waals surface area (Å²) in [5.41, 5.74) is 4.57. The highest BCUT2D eigenvalue weighted by Crippen LogP contribution is 2.62. The second kappa shape index (κ2) is 7.02. The molecule has 20 heteroatoms. The van der Waals surface area contributed by atoms with Crippen molar-refractivity contribution in [1.29, 1.82) is 0 Å². The highest BCUT2D eigenvalue weighted by Gasteiger charge is 2.60. The Morgan fingerprint density at radius 3 is 2.63 bits per heavy atom. The molecule has 0 aliphatic carbocycles. The Labute approximate surface area is 165 Å². The molecule has 30 heavy (non-hydrogen) atoms. The highest BCUT2D eigenvalue weighted by molar-refractivity contribution is 7.70. The summed E-state index contributed by atoms with van der Waals surface area (Å²) in [4.78, 5) is 59.2. The summed E-state index contributed by atoms with van der Waals surface area (Å²) in [5.74, 6) is -1.80. The van der Waals surface area contributed by atoms with E-state index in [-0.39, 0.29) is 17.1 Å². The van der Waals surface area contributed by atoms with Gasteiger partial charge < -0.3 is 30.0 Å². The third kappa shape index (κ3) is 4.15. The van der Waals surface area contributed by atoms with Gasteiger partial charge in [-0.25, -0.2) is 9.55 Å². The van der Waals surface area contributed by atoms with E-state index in [2.05, 4.69) is 15.0 Å². The van der Waals surface area contributed by atoms with Gasteiger partial charge >= 0.3 is 23.0 Å². The van der Waals surface area contributed by atoms with E-state index in [1.165, 1.54) is 0 Å². The van der Waals surface area contributed by atoms with E-state index < -0.39 is 59.2 Å². The Morgan fingerprint density at radius 1 is 1.30 bits per heavy atom. The summed E-state index contributed by atoms with van der Waals surface area (Å²) in [6.07, 6.45) is -5.10. The Balaban J connectivity index is 1.71. The maximum Gasteiger partial charge on any atom is 0.473 e. The van der Waals surface area contributed by atoms with Crippen LogP contribution in [0.1, 0.15) is 6.23 Å². The first-order valence-corrected chi connectivity index (χ1v) is 12.9. The Hall–Kier alpha value is -1.48. The first-order valence-electron chi connectivity index (χ1n) is 7.87. The first kappa shape index (κ1) is 21.7. The summed E-state index contributed by atoms with van der Waals surface area (Å²) >= 11 is 0. The maximum absolute atomic E-state index is 12.1. The first-order chi connectivity index (χ1) is 13.7. The number of hydrogen-bond donors (Lipinski definition) is 6. The van der Waals surface area contributed by atoms with Gasteiger partial charge in [0.1, 0.15) is 6.10 Å². The average Bonchev–Trinajstić information content (AvgIpc) is 3.17. The molecule has 2 aromatic heterocycles. The molecule has 0 aromatic carbocycles. The van der Waals surface area contributed by atoms with Crippen molar-refractivity contribution in [3.63, 3.8) is 0 Å². The number of anilines is 1. The van der Waals surface area contributed by atoms with Crippen LogP contribution in [-0.2, 0) is 32.0 Å². The lowest BCUT2D eigenvalue weighted by Gasteiger charge is -2.21. The third-order valence-corrected chi connectivity index (χ3v) is 8.47. The minimum atomic E-state index is -4.95. The number of nitrogens with zero attached hydrogens (tertiary/aromatic N) is 3. The summed E-state index contributed by atoms with van der Waals surface area (Å²) in [6, 6.07) is 0. The molecule has 4 heterocycles. The number of hydrogen-bond acceptors (Lipinski definition) is 11. The third-order valence-electron chi connectivity index (χ3n) is 4.01. The van der Waals surface area contributed by atoms with Gasteiger partial charge in [-0.15, -0.1) is 0 Å². The molecule has 0 saturated carbocycles. The normalized spacial score (nSPS) is 33.6. The van der Waals surface area contributed by atoms with E-state index in [1.807, 2.05) is 0 Å². The van der Waals surface area contributed by atoms with Crippen molar-refractivity contribution in [2.45, 2.75) is 24.7 Å². The van der Waals surface area contributed by atoms with Crippen LogP contribution in [0.2, 0.25) is 0 Å². The molecule has 0 bridgehead atoms. The predicted octanol–water partition coefficient (Wildman–Crippen LogP) is -1.22. The zero-order valence-corrected chi connectivity index (χ0v) is 17.1. The molecule has 0 radical (unpaired) electrons. The lowest BCUT2D eigenvalue weighted by atomic mass is 10.2. The number of nitrogens with two attached hydrogens (primary N) is 1. The lowest BCUT2D eigenvalue weighted by molar-refractivity contribution is -0.130. The van der Waals surface area contributed by atoms with Gasteiger partial charge in [-0.1, -0.05) is 0 Å². The zero-order valence-electron chi connectivity index (χ0n) is 14.4. The predicted molar refractivity (Wildman–Crippen MR) is 93.9 cm³/mol. The molecule has 2 fully saturated rings. The molecule has 4 unspecified atom stereocenters. The van der Waals surface area contributed by atoms with Crippen molar-refractivity contribution < 1.29 is 51.6 Å². The van der Waals surface area contributed by atoms with Crippen molar-refractivity contribution in [2.75, 3.05) is 11.6 Å². The van der Waals surface area contributed by atoms with Crippen LogP contribution in [0.25, 0.3) is 11.2 Å². The molecule has 2 aliphatic rings. The molecule has 166 valence electrons. The van der Waals surface area contributed by atoms with Gasteiger partial charge in [-0.2, -0.15) is 4.98 Å². The van der Waals surface area contributed by atoms with Crippen molar-refractivity contribution >= 4 is 40.1 Å². The topological polar surface area (TPSA) is 259 Å². The monoisotopic (exact) mass is 489 g/mol. The van der Waals surface area contributed by atoms with Gasteiger partial charge in [0.15, 0.2) is 35.7 Å². The Bertz CT molecular complexity index is 1200. The summed E-state index contributed by atoms with van der Waals surface area (Å²) in [5, 5.41) is 0. The van der Waals surface area contributed by atoms with Crippen molar-refractivity contribution in [1.82, 2.24) is 19.5 Å². The van der Waals surface area contributed by atoms with Crippen LogP contribution < -0.4 is 11.3 Å². The molecule has 2 saturated heterocycles. The molecule has 7 N–H and O–H groups in total. The molecule has 6 atom stereocenters. The van der Waals surface area contributed by atoms with Crippen LogP contribution in [0.5, 0.6) is 0 Å². The zero-order chi connectivity index (χ0) is 22.1. The summed E-state index contributed by atoms with van der Waals surface area (Å²) in [6.45, 7) is 0. The van der Waals surface area contributed by atoms with Crippen LogP contribution in [0.4, 0.5) is 5.95 Å². The summed E-state index contributed by atoms with van der Waals surface area (Å²) < 4.78 is 56.1. The standard InChI is InChI=1S/C10H14N5O12P3/c11-10-13-6-3(7(16)14-10)12-1-15(6)8-4-5(26-30(22,23)25-4)9(24-8)27-29(20,21)2-28(17,18)19/h1,4-5,8-9H,2H2,(H,20,21)(H,22,23)(H2,17,18,19)(H3,11,13,14,16)/t4?,5?,8-,9-/m1/s1. The number of imidazole rings is 1. The molecular formula is C10H14N5O12P3. The van der Waals surface area contributed by atoms with E-state index in [0.29, 0.717) is 0 Å². The van der Waals surface area contributed by atoms with Crippen LogP contribution in [0, 0.1) is 0 Å². The van der Waals surface area contributed by atoms with Gasteiger partial charge in [0.05, 0.1) is 6.33 Å². The molecule has 0 amide bonds. The van der Waals surface area contributed by atoms with Crippen molar-refractivity contribution in [3.05, 3.63) is 16.7 Å². The maximum atomic E-state index is 12.1. The van der Waals surface area contributed by atoms with Gasteiger partial charge in [-0.05, 0) is 0 Å². The largest absolute Gasteiger partial charge is 0.473 e. The number of rotatable bonds is 5. The number of aromatic amines is 1. The van der Waals surface area contributed by atoms with E-state index in [1.54, 1.807) is 0 Å². The van der Waals surface area contributed by atoms with Gasteiger partial charge in [0.2, 0.25) is 5.95 Å². The van der Waals surface area contributed by atoms with Crippen LogP contribution in [0.3, 0.4) is 0 Å². The minimum absolute atomic E-state index is 0.105. The van der Waals surface area contributed by atoms with Gasteiger partial charge in [-0.3, -0.25) is 37.0 Å². The summed E-state index contributed by atoms with van der Waals surface area (Å²) in [7, 11) is -14.5. The van der Waals surface area contributed by atoms with Gasteiger partial charge in [0.25, 0.3) is 5.56 Å². The lowest BCUT2D eigenvalue weighted by Crippen LogP contribution is -2.30. The SMILES string of the molecule is Nc1nc2c(ncn2[C@@H]2O[C@H](OP(=O)(O)CP(=O)(O)O)C3OP(=O)(O)OC32)c(=O)[nH]1. The number of H-pyrrole nitrogens is 1. The molecule has 2 aliphatic heterocycles. The van der Waals surface area contributed by atoms with E-state index in [0.717, 1.165) is 10.9 Å². The van der Waals surface area contributed by atoms with E-state index in [4.69, 9.17) is 33.8 Å². The number of nitrogens with one attached hydrogen (secondary N) is 1. The van der Waals surface area contributed by atoms with Crippen molar-refractivity contribution in [3.8, 4) is 0 Å². The molecule has 0 spiro atoms. The quantitative estimate of drug-likeness (QED) is 0.269. The minimum Gasteiger partial charge on any atom is -0.369 e. The number of ether oxygens (including phenoxy) is 1. The fraction of sp³-hybridized carbons (Fsp3) is 0.500. The molecular weight excluding hydrogens is 475 g/mol. The number of fused-ring (bicyclic) bond motifs is 2. The average molecular weight is 489 g/mol. The number of phosphoric ester groups is 1. The number of nitrogen functional groups attached to an aromatic ring is 1. The van der Waals surface area contributed by atoms with Gasteiger partial charge in [0, 0.05) is 0 Å². The molecule has 2 aromatic rings. The highest BCUT2D eigenvalue weighted by atomic mass is 31.2. The Kier molecular flexibility index (Phi) is 5.09. The fourth-order valence-corrected chi connectivity index (χ4v) is 6.76. The van der Waals surface area contributed by atoms with Crippen LogP contribution in [0.15, 0.2) is 11.1 Å². The van der Waals surface area contributed by atoms with E-state index in [9.17, 15) is 28.3 Å². The Morgan fingerprint density at radius 2 is 1.97 bits per heavy atom. The number of aromatic nitrogens is 4. The second-order valence-electron chi connectivity index (χ2n) is 6.33.